The van der Waals surface area contributed by atoms with Crippen LogP contribution in [0.5, 0.6) is 0 Å². The molecule has 84 valence electrons. The van der Waals surface area contributed by atoms with Crippen LogP contribution in [-0.2, 0) is 0 Å². The Morgan fingerprint density at radius 1 is 1.27 bits per heavy atom. The van der Waals surface area contributed by atoms with Crippen LogP contribution in [0.3, 0.4) is 0 Å². The minimum Gasteiger partial charge on any atom is -0.373 e. The lowest BCUT2D eigenvalue weighted by atomic mass is 10.3. The summed E-state index contributed by atoms with van der Waals surface area (Å²) < 4.78 is 0. The molecule has 15 heavy (non-hydrogen) atoms. The molecule has 1 heterocycles. The maximum absolute atomic E-state index is 4.38. The van der Waals surface area contributed by atoms with Crippen molar-refractivity contribution in [2.75, 3.05) is 36.2 Å². The Bertz CT molecular complexity index is 278. The van der Waals surface area contributed by atoms with Crippen LogP contribution in [0.1, 0.15) is 12.8 Å². The molecule has 0 atom stereocenters. The van der Waals surface area contributed by atoms with Gasteiger partial charge in [-0.1, -0.05) is 6.07 Å². The molecule has 4 heteroatoms. The first-order valence-electron chi connectivity index (χ1n) is 5.24. The maximum Gasteiger partial charge on any atom is 0.128 e. The zero-order valence-corrected chi connectivity index (χ0v) is 10.2. The number of hydrogen-bond donors (Lipinski definition) is 2. The van der Waals surface area contributed by atoms with Crippen LogP contribution in [0.25, 0.3) is 0 Å². The van der Waals surface area contributed by atoms with Gasteiger partial charge < -0.3 is 10.6 Å². The van der Waals surface area contributed by atoms with Crippen LogP contribution in [0.2, 0.25) is 0 Å². The molecule has 0 aromatic carbocycles. The van der Waals surface area contributed by atoms with E-state index in [4.69, 9.17) is 0 Å². The van der Waals surface area contributed by atoms with Crippen molar-refractivity contribution in [1.82, 2.24) is 4.98 Å². The van der Waals surface area contributed by atoms with Crippen molar-refractivity contribution in [3.63, 3.8) is 0 Å². The highest BCUT2D eigenvalue weighted by molar-refractivity contribution is 7.98. The molecule has 0 saturated carbocycles. The molecular formula is C11H19N3S. The van der Waals surface area contributed by atoms with E-state index in [-0.39, 0.29) is 0 Å². The van der Waals surface area contributed by atoms with E-state index in [1.54, 1.807) is 0 Å². The van der Waals surface area contributed by atoms with Crippen molar-refractivity contribution in [2.24, 2.45) is 0 Å². The van der Waals surface area contributed by atoms with Gasteiger partial charge in [0.25, 0.3) is 0 Å². The van der Waals surface area contributed by atoms with Gasteiger partial charge in [-0.25, -0.2) is 4.98 Å². The van der Waals surface area contributed by atoms with Gasteiger partial charge in [-0.2, -0.15) is 11.8 Å². The van der Waals surface area contributed by atoms with Gasteiger partial charge in [-0.15, -0.1) is 0 Å². The molecule has 0 spiro atoms. The molecule has 1 aromatic rings. The number of aromatic nitrogens is 1. The fraction of sp³-hybridized carbons (Fsp3) is 0.545. The summed E-state index contributed by atoms with van der Waals surface area (Å²) in [6.45, 7) is 1.00. The third kappa shape index (κ3) is 4.93. The molecule has 0 fully saturated rings. The molecule has 0 unspecified atom stereocenters. The van der Waals surface area contributed by atoms with Crippen molar-refractivity contribution >= 4 is 23.4 Å². The largest absolute Gasteiger partial charge is 0.373 e. The van der Waals surface area contributed by atoms with Crippen LogP contribution in [0, 0.1) is 0 Å². The van der Waals surface area contributed by atoms with Crippen LogP contribution in [-0.4, -0.2) is 30.6 Å². The summed E-state index contributed by atoms with van der Waals surface area (Å²) in [5.74, 6) is 3.10. The second kappa shape index (κ2) is 7.40. The summed E-state index contributed by atoms with van der Waals surface area (Å²) in [6.07, 6.45) is 4.61. The molecular weight excluding hydrogens is 206 g/mol. The molecule has 0 aliphatic heterocycles. The topological polar surface area (TPSA) is 37.0 Å². The molecule has 1 rings (SSSR count). The van der Waals surface area contributed by atoms with Gasteiger partial charge in [0.2, 0.25) is 0 Å². The lowest BCUT2D eigenvalue weighted by Crippen LogP contribution is -2.04. The normalized spacial score (nSPS) is 10.0. The number of unbranched alkanes of at least 4 members (excludes halogenated alkanes) is 1. The zero-order chi connectivity index (χ0) is 10.9. The summed E-state index contributed by atoms with van der Waals surface area (Å²) in [5.41, 5.74) is 0. The quantitative estimate of drug-likeness (QED) is 0.700. The van der Waals surface area contributed by atoms with Gasteiger partial charge in [0, 0.05) is 13.6 Å². The standard InChI is InChI=1S/C11H19N3S/c1-12-10-6-5-7-11(14-10)13-8-3-4-9-15-2/h5-7H,3-4,8-9H2,1-2H3,(H2,12,13,14). The van der Waals surface area contributed by atoms with E-state index >= 15 is 0 Å². The fourth-order valence-corrected chi connectivity index (χ4v) is 1.75. The van der Waals surface area contributed by atoms with Crippen LogP contribution in [0.15, 0.2) is 18.2 Å². The van der Waals surface area contributed by atoms with Crippen LogP contribution < -0.4 is 10.6 Å². The van der Waals surface area contributed by atoms with Gasteiger partial charge in [-0.3, -0.25) is 0 Å². The molecule has 0 aliphatic carbocycles. The number of pyridine rings is 1. The summed E-state index contributed by atoms with van der Waals surface area (Å²) in [6, 6.07) is 5.96. The molecule has 1 aromatic heterocycles. The highest BCUT2D eigenvalue weighted by Gasteiger charge is 1.94. The average Bonchev–Trinajstić information content (AvgIpc) is 2.29. The Balaban J connectivity index is 2.24. The molecule has 0 amide bonds. The molecule has 0 bridgehead atoms. The van der Waals surface area contributed by atoms with Crippen molar-refractivity contribution < 1.29 is 0 Å². The smallest absolute Gasteiger partial charge is 0.128 e. The number of rotatable bonds is 7. The summed E-state index contributed by atoms with van der Waals surface area (Å²) in [4.78, 5) is 4.38. The highest BCUT2D eigenvalue weighted by Crippen LogP contribution is 2.08. The fourth-order valence-electron chi connectivity index (χ4n) is 1.26. The average molecular weight is 225 g/mol. The van der Waals surface area contributed by atoms with Crippen molar-refractivity contribution in [3.8, 4) is 0 Å². The summed E-state index contributed by atoms with van der Waals surface area (Å²) >= 11 is 1.90. The monoisotopic (exact) mass is 225 g/mol. The molecule has 0 radical (unpaired) electrons. The molecule has 3 nitrogen and oxygen atoms in total. The predicted molar refractivity (Wildman–Crippen MR) is 69.9 cm³/mol. The SMILES string of the molecule is CNc1cccc(NCCCCSC)n1. The number of thioether (sulfide) groups is 1. The lowest BCUT2D eigenvalue weighted by Gasteiger charge is -2.06. The third-order valence-electron chi connectivity index (χ3n) is 2.09. The lowest BCUT2D eigenvalue weighted by molar-refractivity contribution is 0.840. The van der Waals surface area contributed by atoms with Gasteiger partial charge >= 0.3 is 0 Å². The van der Waals surface area contributed by atoms with Crippen molar-refractivity contribution in [1.29, 1.82) is 0 Å². The van der Waals surface area contributed by atoms with Gasteiger partial charge in [0.1, 0.15) is 11.6 Å². The molecule has 2 N–H and O–H groups in total. The Kier molecular flexibility index (Phi) is 6.00. The van der Waals surface area contributed by atoms with Crippen LogP contribution in [0.4, 0.5) is 11.6 Å². The van der Waals surface area contributed by atoms with E-state index < -0.39 is 0 Å². The second-order valence-electron chi connectivity index (χ2n) is 3.28. The number of nitrogens with one attached hydrogen (secondary N) is 2. The highest BCUT2D eigenvalue weighted by atomic mass is 32.2. The number of nitrogens with zero attached hydrogens (tertiary/aromatic N) is 1. The van der Waals surface area contributed by atoms with E-state index in [0.717, 1.165) is 18.2 Å². The van der Waals surface area contributed by atoms with Gasteiger partial charge in [0.05, 0.1) is 0 Å². The first-order chi connectivity index (χ1) is 7.36. The zero-order valence-electron chi connectivity index (χ0n) is 9.42. The Morgan fingerprint density at radius 3 is 2.80 bits per heavy atom. The van der Waals surface area contributed by atoms with Crippen molar-refractivity contribution in [3.05, 3.63) is 18.2 Å². The Hall–Kier alpha value is -0.900. The van der Waals surface area contributed by atoms with Crippen LogP contribution >= 0.6 is 11.8 Å². The first kappa shape index (κ1) is 12.2. The Labute approximate surface area is 96.1 Å². The number of anilines is 2. The van der Waals surface area contributed by atoms with Crippen molar-refractivity contribution in [2.45, 2.75) is 12.8 Å². The maximum atomic E-state index is 4.38. The summed E-state index contributed by atoms with van der Waals surface area (Å²) in [7, 11) is 1.88. The van der Waals surface area contributed by atoms with E-state index in [0.29, 0.717) is 0 Å². The van der Waals surface area contributed by atoms with E-state index in [1.165, 1.54) is 18.6 Å². The Morgan fingerprint density at radius 2 is 2.07 bits per heavy atom. The van der Waals surface area contributed by atoms with Gasteiger partial charge in [-0.05, 0) is 37.0 Å². The minimum atomic E-state index is 0.907. The van der Waals surface area contributed by atoms with E-state index in [2.05, 4.69) is 21.9 Å². The molecule has 0 saturated heterocycles. The summed E-state index contributed by atoms with van der Waals surface area (Å²) in [5, 5.41) is 6.34. The first-order valence-corrected chi connectivity index (χ1v) is 6.64. The molecule has 0 aliphatic rings. The predicted octanol–water partition coefficient (Wildman–Crippen LogP) is 2.68. The number of hydrogen-bond acceptors (Lipinski definition) is 4. The second-order valence-corrected chi connectivity index (χ2v) is 4.27. The third-order valence-corrected chi connectivity index (χ3v) is 2.78. The minimum absolute atomic E-state index is 0.907. The van der Waals surface area contributed by atoms with E-state index in [9.17, 15) is 0 Å². The van der Waals surface area contributed by atoms with E-state index in [1.807, 2.05) is 37.0 Å². The van der Waals surface area contributed by atoms with Gasteiger partial charge in [0.15, 0.2) is 0 Å².